The summed E-state index contributed by atoms with van der Waals surface area (Å²) in [6, 6.07) is 13.8. The number of hydrogen-bond acceptors (Lipinski definition) is 7. The van der Waals surface area contributed by atoms with E-state index in [1.165, 1.54) is 11.0 Å². The van der Waals surface area contributed by atoms with Gasteiger partial charge < -0.3 is 24.3 Å². The maximum Gasteiger partial charge on any atom is 0.253 e. The van der Waals surface area contributed by atoms with Crippen molar-refractivity contribution in [1.29, 1.82) is 5.26 Å². The molecule has 1 fully saturated rings. The van der Waals surface area contributed by atoms with Gasteiger partial charge in [0.25, 0.3) is 5.91 Å². The number of hydrogen-bond donors (Lipinski definition) is 1. The van der Waals surface area contributed by atoms with Gasteiger partial charge >= 0.3 is 0 Å². The van der Waals surface area contributed by atoms with E-state index in [-0.39, 0.29) is 17.4 Å². The van der Waals surface area contributed by atoms with Gasteiger partial charge in [-0.3, -0.25) is 9.59 Å². The molecule has 1 aromatic heterocycles. The number of morpholine rings is 1. The monoisotopic (exact) mass is 446 g/mol. The summed E-state index contributed by atoms with van der Waals surface area (Å²) in [5, 5.41) is 12.9. The lowest BCUT2D eigenvalue weighted by Gasteiger charge is -2.27. The standard InChI is InChI=1S/C25H26N4O4/c1-16(27-19-6-4-5-17(11-19)15-26)20-12-18(25(31)28(2)3)13-21-22(30)14-23(33-24(20)21)29-7-9-32-10-8-29/h4-6,11-14,16,27H,7-10H2,1-3H3. The Labute approximate surface area is 192 Å². The van der Waals surface area contributed by atoms with E-state index >= 15 is 0 Å². The number of nitrogens with zero attached hydrogens (tertiary/aromatic N) is 3. The van der Waals surface area contributed by atoms with Crippen molar-refractivity contribution in [2.24, 2.45) is 0 Å². The molecule has 3 aromatic rings. The first-order valence-corrected chi connectivity index (χ1v) is 10.8. The zero-order valence-corrected chi connectivity index (χ0v) is 18.9. The SMILES string of the molecule is CC(Nc1cccc(C#N)c1)c1cc(C(=O)N(C)C)cc2c(=O)cc(N3CCOCC3)oc12. The van der Waals surface area contributed by atoms with E-state index in [0.29, 0.717) is 59.8 Å². The highest BCUT2D eigenvalue weighted by Crippen LogP contribution is 2.30. The van der Waals surface area contributed by atoms with Gasteiger partial charge in [-0.1, -0.05) is 6.07 Å². The molecule has 0 spiro atoms. The van der Waals surface area contributed by atoms with E-state index in [1.54, 1.807) is 44.4 Å². The van der Waals surface area contributed by atoms with E-state index in [9.17, 15) is 14.9 Å². The Morgan fingerprint density at radius 1 is 1.18 bits per heavy atom. The zero-order valence-electron chi connectivity index (χ0n) is 18.9. The Hall–Kier alpha value is -3.83. The van der Waals surface area contributed by atoms with E-state index in [4.69, 9.17) is 9.15 Å². The van der Waals surface area contributed by atoms with Crippen molar-refractivity contribution in [2.75, 3.05) is 50.6 Å². The minimum absolute atomic E-state index is 0.200. The number of rotatable bonds is 5. The molecule has 1 amide bonds. The van der Waals surface area contributed by atoms with Crippen LogP contribution in [0.3, 0.4) is 0 Å². The number of carbonyl (C=O) groups excluding carboxylic acids is 1. The first-order valence-electron chi connectivity index (χ1n) is 10.8. The molecule has 0 saturated carbocycles. The van der Waals surface area contributed by atoms with E-state index < -0.39 is 0 Å². The molecule has 1 aliphatic rings. The Bertz CT molecular complexity index is 1290. The highest BCUT2D eigenvalue weighted by atomic mass is 16.5. The molecule has 33 heavy (non-hydrogen) atoms. The van der Waals surface area contributed by atoms with Gasteiger partial charge in [-0.2, -0.15) is 5.26 Å². The normalized spacial score (nSPS) is 14.5. The third kappa shape index (κ3) is 4.69. The fourth-order valence-electron chi connectivity index (χ4n) is 3.92. The van der Waals surface area contributed by atoms with Crippen LogP contribution in [0.1, 0.15) is 34.5 Å². The quantitative estimate of drug-likeness (QED) is 0.641. The molecule has 0 aliphatic carbocycles. The summed E-state index contributed by atoms with van der Waals surface area (Å²) in [5.41, 5.74) is 2.63. The van der Waals surface area contributed by atoms with Gasteiger partial charge in [-0.05, 0) is 37.3 Å². The minimum atomic E-state index is -0.306. The summed E-state index contributed by atoms with van der Waals surface area (Å²) in [7, 11) is 3.34. The van der Waals surface area contributed by atoms with E-state index in [1.807, 2.05) is 17.9 Å². The van der Waals surface area contributed by atoms with Crippen LogP contribution in [0, 0.1) is 11.3 Å². The van der Waals surface area contributed by atoms with Crippen LogP contribution in [0.5, 0.6) is 0 Å². The molecule has 1 atom stereocenters. The van der Waals surface area contributed by atoms with E-state index in [2.05, 4.69) is 11.4 Å². The topological polar surface area (TPSA) is 98.8 Å². The highest BCUT2D eigenvalue weighted by molar-refractivity contribution is 5.98. The summed E-state index contributed by atoms with van der Waals surface area (Å²) in [5.74, 6) is 0.288. The number of anilines is 2. The largest absolute Gasteiger partial charge is 0.440 e. The number of ether oxygens (including phenoxy) is 1. The van der Waals surface area contributed by atoms with Crippen molar-refractivity contribution >= 4 is 28.4 Å². The molecule has 0 radical (unpaired) electrons. The number of fused-ring (bicyclic) bond motifs is 1. The smallest absolute Gasteiger partial charge is 0.253 e. The van der Waals surface area contributed by atoms with Gasteiger partial charge in [0.1, 0.15) is 5.58 Å². The van der Waals surface area contributed by atoms with Gasteiger partial charge in [0.2, 0.25) is 0 Å². The van der Waals surface area contributed by atoms with Crippen molar-refractivity contribution in [2.45, 2.75) is 13.0 Å². The highest BCUT2D eigenvalue weighted by Gasteiger charge is 2.22. The third-order valence-corrected chi connectivity index (χ3v) is 5.66. The van der Waals surface area contributed by atoms with Crippen LogP contribution < -0.4 is 15.6 Å². The van der Waals surface area contributed by atoms with Crippen LogP contribution in [0.2, 0.25) is 0 Å². The van der Waals surface area contributed by atoms with Gasteiger partial charge in [-0.15, -0.1) is 0 Å². The third-order valence-electron chi connectivity index (χ3n) is 5.66. The summed E-state index contributed by atoms with van der Waals surface area (Å²) in [4.78, 5) is 29.3. The molecule has 2 aromatic carbocycles. The number of nitrogens with one attached hydrogen (secondary N) is 1. The molecule has 2 heterocycles. The van der Waals surface area contributed by atoms with Gasteiger partial charge in [-0.25, -0.2) is 0 Å². The second kappa shape index (κ2) is 9.35. The number of benzene rings is 2. The predicted octanol–water partition coefficient (Wildman–Crippen LogP) is 3.38. The lowest BCUT2D eigenvalue weighted by atomic mass is 9.99. The second-order valence-corrected chi connectivity index (χ2v) is 8.25. The van der Waals surface area contributed by atoms with Crippen LogP contribution in [0.15, 0.2) is 51.7 Å². The Morgan fingerprint density at radius 3 is 2.64 bits per heavy atom. The van der Waals surface area contributed by atoms with Crippen molar-refractivity contribution < 1.29 is 13.9 Å². The molecule has 8 heteroatoms. The zero-order chi connectivity index (χ0) is 23.5. The molecule has 1 N–H and O–H groups in total. The summed E-state index contributed by atoms with van der Waals surface area (Å²) in [6.07, 6.45) is 0. The average molecular weight is 447 g/mol. The molecule has 1 saturated heterocycles. The molecule has 8 nitrogen and oxygen atoms in total. The van der Waals surface area contributed by atoms with Crippen molar-refractivity contribution in [3.63, 3.8) is 0 Å². The van der Waals surface area contributed by atoms with Crippen LogP contribution >= 0.6 is 0 Å². The van der Waals surface area contributed by atoms with Crippen LogP contribution in [-0.4, -0.2) is 51.2 Å². The molecule has 1 unspecified atom stereocenters. The summed E-state index contributed by atoms with van der Waals surface area (Å²) in [6.45, 7) is 4.33. The fourth-order valence-corrected chi connectivity index (χ4v) is 3.92. The first-order chi connectivity index (χ1) is 15.9. The maximum absolute atomic E-state index is 13.1. The maximum atomic E-state index is 13.1. The Kier molecular flexibility index (Phi) is 6.33. The number of amides is 1. The first kappa shape index (κ1) is 22.4. The molecule has 170 valence electrons. The molecular formula is C25H26N4O4. The Balaban J connectivity index is 1.84. The molecule has 1 aliphatic heterocycles. The van der Waals surface area contributed by atoms with Crippen LogP contribution in [-0.2, 0) is 4.74 Å². The summed E-state index contributed by atoms with van der Waals surface area (Å²) < 4.78 is 11.7. The molecule has 4 rings (SSSR count). The van der Waals surface area contributed by atoms with Crippen molar-refractivity contribution in [3.8, 4) is 6.07 Å². The van der Waals surface area contributed by atoms with Crippen molar-refractivity contribution in [3.05, 3.63) is 69.4 Å². The second-order valence-electron chi connectivity index (χ2n) is 8.25. The molecular weight excluding hydrogens is 420 g/mol. The number of carbonyl (C=O) groups is 1. The van der Waals surface area contributed by atoms with Gasteiger partial charge in [0.15, 0.2) is 11.3 Å². The Morgan fingerprint density at radius 2 is 1.94 bits per heavy atom. The lowest BCUT2D eigenvalue weighted by molar-refractivity contribution is 0.0827. The van der Waals surface area contributed by atoms with Gasteiger partial charge in [0.05, 0.1) is 36.3 Å². The lowest BCUT2D eigenvalue weighted by Crippen LogP contribution is -2.36. The summed E-state index contributed by atoms with van der Waals surface area (Å²) >= 11 is 0. The predicted molar refractivity (Wildman–Crippen MR) is 127 cm³/mol. The van der Waals surface area contributed by atoms with Crippen LogP contribution in [0.25, 0.3) is 11.0 Å². The van der Waals surface area contributed by atoms with E-state index in [0.717, 1.165) is 5.69 Å². The van der Waals surface area contributed by atoms with Gasteiger partial charge in [0, 0.05) is 50.1 Å². The average Bonchev–Trinajstić information content (AvgIpc) is 2.83. The number of nitriles is 1. The van der Waals surface area contributed by atoms with Crippen LogP contribution in [0.4, 0.5) is 11.6 Å². The fraction of sp³-hybridized carbons (Fsp3) is 0.320. The van der Waals surface area contributed by atoms with Crippen molar-refractivity contribution in [1.82, 2.24) is 4.90 Å². The molecule has 0 bridgehead atoms. The minimum Gasteiger partial charge on any atom is -0.440 e.